The summed E-state index contributed by atoms with van der Waals surface area (Å²) in [6.45, 7) is 3.09. The van der Waals surface area contributed by atoms with Gasteiger partial charge in [0, 0.05) is 12.5 Å². The van der Waals surface area contributed by atoms with Crippen molar-refractivity contribution in [2.45, 2.75) is 20.3 Å². The number of aromatic nitrogens is 1. The molecular formula is C9H10FNO2. The third-order valence-corrected chi connectivity index (χ3v) is 1.53. The van der Waals surface area contributed by atoms with Crippen molar-refractivity contribution in [1.82, 2.24) is 4.98 Å². The van der Waals surface area contributed by atoms with E-state index in [1.165, 1.54) is 19.2 Å². The third kappa shape index (κ3) is 2.50. The second-order valence-corrected chi connectivity index (χ2v) is 2.57. The zero-order valence-corrected chi connectivity index (χ0v) is 7.50. The Morgan fingerprint density at radius 1 is 1.69 bits per heavy atom. The van der Waals surface area contributed by atoms with Crippen LogP contribution < -0.4 is 4.74 Å². The number of carbonyl (C=O) groups is 1. The predicted octanol–water partition coefficient (Wildman–Crippen LogP) is 1.71. The molecule has 0 fully saturated rings. The SMILES string of the molecule is CCc1cc(OC(C)=O)cnc1F. The summed E-state index contributed by atoms with van der Waals surface area (Å²) in [5, 5.41) is 0. The summed E-state index contributed by atoms with van der Waals surface area (Å²) in [5.41, 5.74) is 0.443. The number of esters is 1. The van der Waals surface area contributed by atoms with Crippen LogP contribution in [0.3, 0.4) is 0 Å². The van der Waals surface area contributed by atoms with Gasteiger partial charge in [-0.25, -0.2) is 4.98 Å². The molecule has 0 saturated heterocycles. The van der Waals surface area contributed by atoms with Gasteiger partial charge in [0.15, 0.2) is 0 Å². The Balaban J connectivity index is 2.92. The Morgan fingerprint density at radius 3 is 2.92 bits per heavy atom. The lowest BCUT2D eigenvalue weighted by Crippen LogP contribution is -2.03. The second kappa shape index (κ2) is 3.98. The molecule has 0 aliphatic heterocycles. The van der Waals surface area contributed by atoms with Crippen LogP contribution in [0.25, 0.3) is 0 Å². The van der Waals surface area contributed by atoms with Crippen molar-refractivity contribution in [3.63, 3.8) is 0 Å². The monoisotopic (exact) mass is 183 g/mol. The summed E-state index contributed by atoms with van der Waals surface area (Å²) in [6.07, 6.45) is 1.71. The maximum absolute atomic E-state index is 12.9. The van der Waals surface area contributed by atoms with Crippen LogP contribution >= 0.6 is 0 Å². The van der Waals surface area contributed by atoms with E-state index in [2.05, 4.69) is 4.98 Å². The van der Waals surface area contributed by atoms with E-state index in [1.54, 1.807) is 6.92 Å². The van der Waals surface area contributed by atoms with Crippen LogP contribution in [-0.4, -0.2) is 11.0 Å². The molecule has 0 aromatic carbocycles. The van der Waals surface area contributed by atoms with Crippen LogP contribution in [0.4, 0.5) is 4.39 Å². The van der Waals surface area contributed by atoms with Crippen molar-refractivity contribution in [3.05, 3.63) is 23.8 Å². The molecule has 1 aromatic rings. The van der Waals surface area contributed by atoms with Gasteiger partial charge in [-0.05, 0) is 12.5 Å². The first-order valence-corrected chi connectivity index (χ1v) is 3.96. The first-order chi connectivity index (χ1) is 6.13. The average molecular weight is 183 g/mol. The lowest BCUT2D eigenvalue weighted by molar-refractivity contribution is -0.131. The van der Waals surface area contributed by atoms with Crippen LogP contribution in [0.1, 0.15) is 19.4 Å². The van der Waals surface area contributed by atoms with Gasteiger partial charge in [0.1, 0.15) is 5.75 Å². The predicted molar refractivity (Wildman–Crippen MR) is 44.9 cm³/mol. The van der Waals surface area contributed by atoms with Crippen LogP contribution in [0.15, 0.2) is 12.3 Å². The van der Waals surface area contributed by atoms with E-state index in [0.717, 1.165) is 0 Å². The molecule has 3 nitrogen and oxygen atoms in total. The minimum Gasteiger partial charge on any atom is -0.425 e. The second-order valence-electron chi connectivity index (χ2n) is 2.57. The van der Waals surface area contributed by atoms with Crippen molar-refractivity contribution < 1.29 is 13.9 Å². The van der Waals surface area contributed by atoms with E-state index < -0.39 is 11.9 Å². The van der Waals surface area contributed by atoms with Crippen molar-refractivity contribution >= 4 is 5.97 Å². The molecule has 0 saturated carbocycles. The zero-order valence-electron chi connectivity index (χ0n) is 7.50. The molecule has 70 valence electrons. The van der Waals surface area contributed by atoms with Crippen molar-refractivity contribution in [3.8, 4) is 5.75 Å². The molecule has 1 aromatic heterocycles. The fourth-order valence-corrected chi connectivity index (χ4v) is 0.941. The van der Waals surface area contributed by atoms with E-state index >= 15 is 0 Å². The molecule has 0 radical (unpaired) electrons. The molecule has 1 rings (SSSR count). The molecule has 4 heteroatoms. The van der Waals surface area contributed by atoms with E-state index in [4.69, 9.17) is 4.74 Å². The van der Waals surface area contributed by atoms with Gasteiger partial charge in [0.25, 0.3) is 0 Å². The minimum atomic E-state index is -0.515. The van der Waals surface area contributed by atoms with Gasteiger partial charge in [0.2, 0.25) is 5.95 Å². The van der Waals surface area contributed by atoms with Crippen LogP contribution in [0.2, 0.25) is 0 Å². The number of aryl methyl sites for hydroxylation is 1. The normalized spacial score (nSPS) is 9.77. The molecule has 0 atom stereocenters. The third-order valence-electron chi connectivity index (χ3n) is 1.53. The standard InChI is InChI=1S/C9H10FNO2/c1-3-7-4-8(13-6(2)12)5-11-9(7)10/h4-5H,3H2,1-2H3. The van der Waals surface area contributed by atoms with E-state index in [1.807, 2.05) is 0 Å². The highest BCUT2D eigenvalue weighted by Gasteiger charge is 2.04. The fraction of sp³-hybridized carbons (Fsp3) is 0.333. The number of carbonyl (C=O) groups excluding carboxylic acids is 1. The number of pyridine rings is 1. The molecule has 13 heavy (non-hydrogen) atoms. The minimum absolute atomic E-state index is 0.283. The molecule has 1 heterocycles. The maximum atomic E-state index is 12.9. The van der Waals surface area contributed by atoms with Gasteiger partial charge in [0.05, 0.1) is 6.20 Å². The Labute approximate surface area is 75.6 Å². The van der Waals surface area contributed by atoms with Crippen molar-refractivity contribution in [2.75, 3.05) is 0 Å². The summed E-state index contributed by atoms with van der Waals surface area (Å²) in [7, 11) is 0. The van der Waals surface area contributed by atoms with Gasteiger partial charge in [-0.1, -0.05) is 6.92 Å². The van der Waals surface area contributed by atoms with Gasteiger partial charge in [-0.3, -0.25) is 4.79 Å². The van der Waals surface area contributed by atoms with Gasteiger partial charge in [-0.2, -0.15) is 4.39 Å². The molecule has 0 spiro atoms. The van der Waals surface area contributed by atoms with Crippen LogP contribution in [0, 0.1) is 5.95 Å². The number of halogens is 1. The van der Waals surface area contributed by atoms with Gasteiger partial charge >= 0.3 is 5.97 Å². The Morgan fingerprint density at radius 2 is 2.38 bits per heavy atom. The van der Waals surface area contributed by atoms with E-state index in [-0.39, 0.29) is 5.75 Å². The topological polar surface area (TPSA) is 39.2 Å². The molecular weight excluding hydrogens is 173 g/mol. The van der Waals surface area contributed by atoms with Crippen molar-refractivity contribution in [1.29, 1.82) is 0 Å². The van der Waals surface area contributed by atoms with Gasteiger partial charge < -0.3 is 4.74 Å². The van der Waals surface area contributed by atoms with Crippen LogP contribution in [-0.2, 0) is 11.2 Å². The largest absolute Gasteiger partial charge is 0.425 e. The molecule has 0 aliphatic rings. The molecule has 0 unspecified atom stereocenters. The fourth-order valence-electron chi connectivity index (χ4n) is 0.941. The van der Waals surface area contributed by atoms with E-state index in [9.17, 15) is 9.18 Å². The summed E-state index contributed by atoms with van der Waals surface area (Å²) >= 11 is 0. The molecule has 0 N–H and O–H groups in total. The number of ether oxygens (including phenoxy) is 1. The summed E-state index contributed by atoms with van der Waals surface area (Å²) < 4.78 is 17.6. The molecule has 0 amide bonds. The zero-order chi connectivity index (χ0) is 9.84. The number of hydrogen-bond acceptors (Lipinski definition) is 3. The number of nitrogens with zero attached hydrogens (tertiary/aromatic N) is 1. The first kappa shape index (κ1) is 9.64. The number of rotatable bonds is 2. The Bertz CT molecular complexity index is 325. The Kier molecular flexibility index (Phi) is 2.95. The molecule has 0 bridgehead atoms. The van der Waals surface area contributed by atoms with Gasteiger partial charge in [-0.15, -0.1) is 0 Å². The summed E-state index contributed by atoms with van der Waals surface area (Å²) in [4.78, 5) is 14.0. The maximum Gasteiger partial charge on any atom is 0.308 e. The van der Waals surface area contributed by atoms with Crippen LogP contribution in [0.5, 0.6) is 5.75 Å². The lowest BCUT2D eigenvalue weighted by Gasteiger charge is -2.02. The highest BCUT2D eigenvalue weighted by Crippen LogP contribution is 2.14. The highest BCUT2D eigenvalue weighted by molar-refractivity contribution is 5.69. The lowest BCUT2D eigenvalue weighted by atomic mass is 10.2. The highest BCUT2D eigenvalue weighted by atomic mass is 19.1. The smallest absolute Gasteiger partial charge is 0.308 e. The van der Waals surface area contributed by atoms with E-state index in [0.29, 0.717) is 12.0 Å². The molecule has 0 aliphatic carbocycles. The number of hydrogen-bond donors (Lipinski definition) is 0. The Hall–Kier alpha value is -1.45. The average Bonchev–Trinajstić information content (AvgIpc) is 2.07. The summed E-state index contributed by atoms with van der Waals surface area (Å²) in [6, 6.07) is 1.48. The van der Waals surface area contributed by atoms with Crippen molar-refractivity contribution in [2.24, 2.45) is 0 Å². The quantitative estimate of drug-likeness (QED) is 0.517. The first-order valence-electron chi connectivity index (χ1n) is 3.96. The summed E-state index contributed by atoms with van der Waals surface area (Å²) in [5.74, 6) is -0.667.